The molecule has 1 aromatic rings. The van der Waals surface area contributed by atoms with E-state index in [1.807, 2.05) is 25.6 Å². The average molecular weight is 332 g/mol. The highest BCUT2D eigenvalue weighted by Crippen LogP contribution is 2.24. The number of hydrogen-bond acceptors (Lipinski definition) is 5. The molecule has 1 saturated heterocycles. The number of aromatic amines is 1. The average Bonchev–Trinajstić information content (AvgIpc) is 3.03. The minimum Gasteiger partial charge on any atom is -0.309 e. The van der Waals surface area contributed by atoms with E-state index in [0.29, 0.717) is 35.3 Å². The van der Waals surface area contributed by atoms with Crippen LogP contribution in [0.1, 0.15) is 31.7 Å². The molecule has 3 N–H and O–H groups in total. The van der Waals surface area contributed by atoms with Gasteiger partial charge in [0.25, 0.3) is 0 Å². The molecule has 2 heterocycles. The third-order valence-corrected chi connectivity index (χ3v) is 6.35. The number of nitrogens with zero attached hydrogens (tertiary/aromatic N) is 1. The number of H-pyrrole nitrogens is 1. The summed E-state index contributed by atoms with van der Waals surface area (Å²) >= 11 is 1.88. The van der Waals surface area contributed by atoms with Gasteiger partial charge in [-0.25, -0.2) is 13.1 Å². The predicted molar refractivity (Wildman–Crippen MR) is 85.9 cm³/mol. The Morgan fingerprint density at radius 3 is 2.86 bits per heavy atom. The lowest BCUT2D eigenvalue weighted by Crippen LogP contribution is -2.31. The quantitative estimate of drug-likeness (QED) is 0.699. The van der Waals surface area contributed by atoms with Crippen LogP contribution in [0, 0.1) is 12.8 Å². The predicted octanol–water partition coefficient (Wildman–Crippen LogP) is 1.25. The first kappa shape index (κ1) is 16.8. The van der Waals surface area contributed by atoms with Gasteiger partial charge in [-0.2, -0.15) is 16.9 Å². The lowest BCUT2D eigenvalue weighted by molar-refractivity contribution is 0.541. The van der Waals surface area contributed by atoms with Crippen LogP contribution in [0.4, 0.5) is 0 Å². The standard InChI is InChI=1S/C13H24N4O2S2/c1-9(2)14-7-12-13(10(3)16-17-12)21(18,19)15-6-11-4-5-20-8-11/h9,11,14-15H,4-8H2,1-3H3,(H,16,17). The Morgan fingerprint density at radius 2 is 2.24 bits per heavy atom. The molecule has 21 heavy (non-hydrogen) atoms. The molecule has 1 fully saturated rings. The van der Waals surface area contributed by atoms with Crippen molar-refractivity contribution in [2.75, 3.05) is 18.1 Å². The molecule has 1 aromatic heterocycles. The van der Waals surface area contributed by atoms with Crippen molar-refractivity contribution >= 4 is 21.8 Å². The van der Waals surface area contributed by atoms with E-state index in [-0.39, 0.29) is 6.04 Å². The van der Waals surface area contributed by atoms with E-state index >= 15 is 0 Å². The minimum absolute atomic E-state index is 0.279. The molecule has 0 spiro atoms. The number of rotatable bonds is 7. The number of aromatic nitrogens is 2. The van der Waals surface area contributed by atoms with Gasteiger partial charge >= 0.3 is 0 Å². The molecule has 0 aromatic carbocycles. The summed E-state index contributed by atoms with van der Waals surface area (Å²) in [5.74, 6) is 2.60. The lowest BCUT2D eigenvalue weighted by Gasteiger charge is -2.12. The first-order valence-electron chi connectivity index (χ1n) is 7.24. The van der Waals surface area contributed by atoms with Gasteiger partial charge in [-0.05, 0) is 30.8 Å². The number of nitrogens with one attached hydrogen (secondary N) is 3. The Balaban J connectivity index is 2.08. The van der Waals surface area contributed by atoms with Crippen LogP contribution in [0.5, 0.6) is 0 Å². The normalized spacial score (nSPS) is 19.5. The molecule has 2 rings (SSSR count). The zero-order valence-electron chi connectivity index (χ0n) is 12.8. The van der Waals surface area contributed by atoms with Crippen molar-refractivity contribution in [1.82, 2.24) is 20.2 Å². The van der Waals surface area contributed by atoms with Crippen molar-refractivity contribution in [3.63, 3.8) is 0 Å². The molecule has 0 bridgehead atoms. The van der Waals surface area contributed by atoms with Gasteiger partial charge in [-0.15, -0.1) is 0 Å². The van der Waals surface area contributed by atoms with E-state index in [4.69, 9.17) is 0 Å². The zero-order chi connectivity index (χ0) is 15.5. The summed E-state index contributed by atoms with van der Waals surface area (Å²) in [6.45, 7) is 6.73. The van der Waals surface area contributed by atoms with Crippen LogP contribution in [0.3, 0.4) is 0 Å². The lowest BCUT2D eigenvalue weighted by atomic mass is 10.1. The van der Waals surface area contributed by atoms with E-state index in [0.717, 1.165) is 17.9 Å². The summed E-state index contributed by atoms with van der Waals surface area (Å²) in [4.78, 5) is 0.293. The fourth-order valence-electron chi connectivity index (χ4n) is 2.29. The molecule has 120 valence electrons. The Bertz CT molecular complexity index is 563. The molecule has 6 nitrogen and oxygen atoms in total. The molecule has 1 atom stereocenters. The monoisotopic (exact) mass is 332 g/mol. The highest BCUT2D eigenvalue weighted by atomic mass is 32.2. The molecule has 0 radical (unpaired) electrons. The molecule has 0 amide bonds. The topological polar surface area (TPSA) is 86.9 Å². The van der Waals surface area contributed by atoms with Gasteiger partial charge < -0.3 is 5.32 Å². The zero-order valence-corrected chi connectivity index (χ0v) is 14.4. The van der Waals surface area contributed by atoms with E-state index in [2.05, 4.69) is 20.2 Å². The van der Waals surface area contributed by atoms with E-state index in [1.165, 1.54) is 0 Å². The van der Waals surface area contributed by atoms with Crippen LogP contribution in [0.2, 0.25) is 0 Å². The molecule has 1 aliphatic heterocycles. The summed E-state index contributed by atoms with van der Waals surface area (Å²) in [6.07, 6.45) is 1.08. The molecule has 0 saturated carbocycles. The number of aryl methyl sites for hydroxylation is 1. The smallest absolute Gasteiger partial charge is 0.244 e. The van der Waals surface area contributed by atoms with Crippen molar-refractivity contribution in [3.8, 4) is 0 Å². The Hall–Kier alpha value is -0.570. The van der Waals surface area contributed by atoms with Crippen LogP contribution >= 0.6 is 11.8 Å². The van der Waals surface area contributed by atoms with Crippen molar-refractivity contribution in [2.24, 2.45) is 5.92 Å². The fraction of sp³-hybridized carbons (Fsp3) is 0.769. The Kier molecular flexibility index (Phi) is 5.70. The molecular formula is C13H24N4O2S2. The van der Waals surface area contributed by atoms with Crippen LogP contribution in [-0.2, 0) is 16.6 Å². The first-order chi connectivity index (χ1) is 9.90. The maximum atomic E-state index is 12.5. The van der Waals surface area contributed by atoms with Gasteiger partial charge in [-0.1, -0.05) is 13.8 Å². The Morgan fingerprint density at radius 1 is 1.48 bits per heavy atom. The van der Waals surface area contributed by atoms with Gasteiger partial charge in [0.05, 0.1) is 11.4 Å². The molecular weight excluding hydrogens is 308 g/mol. The number of sulfonamides is 1. The molecule has 0 aliphatic carbocycles. The molecule has 1 unspecified atom stereocenters. The van der Waals surface area contributed by atoms with Crippen molar-refractivity contribution in [1.29, 1.82) is 0 Å². The van der Waals surface area contributed by atoms with Gasteiger partial charge in [0.1, 0.15) is 4.90 Å². The second-order valence-electron chi connectivity index (χ2n) is 5.74. The van der Waals surface area contributed by atoms with Crippen molar-refractivity contribution < 1.29 is 8.42 Å². The van der Waals surface area contributed by atoms with Gasteiger partial charge in [0, 0.05) is 19.1 Å². The Labute approximate surface area is 130 Å². The van der Waals surface area contributed by atoms with Gasteiger partial charge in [0.2, 0.25) is 10.0 Å². The second kappa shape index (κ2) is 7.13. The summed E-state index contributed by atoms with van der Waals surface area (Å²) in [5.41, 5.74) is 1.14. The van der Waals surface area contributed by atoms with Crippen molar-refractivity contribution in [3.05, 3.63) is 11.4 Å². The highest BCUT2D eigenvalue weighted by molar-refractivity contribution is 7.99. The summed E-state index contributed by atoms with van der Waals surface area (Å²) in [7, 11) is -3.51. The van der Waals surface area contributed by atoms with Crippen LogP contribution in [0.15, 0.2) is 4.90 Å². The van der Waals surface area contributed by atoms with Crippen LogP contribution < -0.4 is 10.0 Å². The van der Waals surface area contributed by atoms with E-state index in [1.54, 1.807) is 6.92 Å². The largest absolute Gasteiger partial charge is 0.309 e. The number of hydrogen-bond donors (Lipinski definition) is 3. The summed E-state index contributed by atoms with van der Waals surface area (Å²) < 4.78 is 27.8. The highest BCUT2D eigenvalue weighted by Gasteiger charge is 2.26. The summed E-state index contributed by atoms with van der Waals surface area (Å²) in [6, 6.07) is 0.279. The SMILES string of the molecule is Cc1[nH]nc(CNC(C)C)c1S(=O)(=O)NCC1CCSC1. The van der Waals surface area contributed by atoms with Crippen molar-refractivity contribution in [2.45, 2.75) is 44.7 Å². The third-order valence-electron chi connectivity index (χ3n) is 3.49. The van der Waals surface area contributed by atoms with Crippen LogP contribution in [0.25, 0.3) is 0 Å². The maximum absolute atomic E-state index is 12.5. The van der Waals surface area contributed by atoms with E-state index in [9.17, 15) is 8.42 Å². The molecule has 8 heteroatoms. The first-order valence-corrected chi connectivity index (χ1v) is 9.88. The molecule has 1 aliphatic rings. The van der Waals surface area contributed by atoms with Crippen LogP contribution in [-0.4, -0.2) is 42.7 Å². The minimum atomic E-state index is -3.51. The van der Waals surface area contributed by atoms with E-state index < -0.39 is 10.0 Å². The van der Waals surface area contributed by atoms with Gasteiger partial charge in [0.15, 0.2) is 0 Å². The fourth-order valence-corrected chi connectivity index (χ4v) is 5.05. The number of thioether (sulfide) groups is 1. The third kappa shape index (κ3) is 4.45. The maximum Gasteiger partial charge on any atom is 0.244 e. The second-order valence-corrected chi connectivity index (χ2v) is 8.60. The summed E-state index contributed by atoms with van der Waals surface area (Å²) in [5, 5.41) is 10.1. The van der Waals surface area contributed by atoms with Gasteiger partial charge in [-0.3, -0.25) is 5.10 Å².